The van der Waals surface area contributed by atoms with Crippen LogP contribution in [0.3, 0.4) is 0 Å². The molecule has 0 aromatic heterocycles. The van der Waals surface area contributed by atoms with Gasteiger partial charge in [-0.1, -0.05) is 26.2 Å². The van der Waals surface area contributed by atoms with Crippen molar-refractivity contribution in [2.45, 2.75) is 64.9 Å². The van der Waals surface area contributed by atoms with Crippen LogP contribution in [0.1, 0.15) is 68.8 Å². The van der Waals surface area contributed by atoms with Crippen LogP contribution in [0.25, 0.3) is 0 Å². The summed E-state index contributed by atoms with van der Waals surface area (Å²) < 4.78 is 5.83. The van der Waals surface area contributed by atoms with Crippen molar-refractivity contribution in [2.24, 2.45) is 0 Å². The highest BCUT2D eigenvalue weighted by atomic mass is 16.5. The molecule has 0 fully saturated rings. The molecule has 1 aliphatic heterocycles. The van der Waals surface area contributed by atoms with Crippen LogP contribution in [0.2, 0.25) is 0 Å². The summed E-state index contributed by atoms with van der Waals surface area (Å²) in [5.41, 5.74) is 1.88. The zero-order valence-electron chi connectivity index (χ0n) is 12.3. The van der Waals surface area contributed by atoms with Gasteiger partial charge in [-0.15, -0.1) is 0 Å². The van der Waals surface area contributed by atoms with Crippen molar-refractivity contribution in [2.75, 3.05) is 0 Å². The number of benzene rings is 1. The predicted octanol–water partition coefficient (Wildman–Crippen LogP) is 4.55. The van der Waals surface area contributed by atoms with E-state index in [2.05, 4.69) is 20.8 Å². The summed E-state index contributed by atoms with van der Waals surface area (Å²) in [6.45, 7) is 6.35. The lowest BCUT2D eigenvalue weighted by Crippen LogP contribution is -2.24. The minimum Gasteiger partial charge on any atom is -0.487 e. The molecule has 1 aromatic rings. The molecular formula is C17H24O2. The van der Waals surface area contributed by atoms with Crippen LogP contribution in [0.5, 0.6) is 5.75 Å². The maximum absolute atomic E-state index is 12.1. The Bertz CT molecular complexity index is 460. The second-order valence-electron chi connectivity index (χ2n) is 6.09. The molecule has 0 N–H and O–H groups in total. The van der Waals surface area contributed by atoms with E-state index in [-0.39, 0.29) is 11.4 Å². The third-order valence-corrected chi connectivity index (χ3v) is 3.64. The van der Waals surface area contributed by atoms with E-state index >= 15 is 0 Å². The number of Topliss-reactive ketones (excluding diaryl/α,β-unsaturated/α-hetero) is 1. The van der Waals surface area contributed by atoms with E-state index in [0.29, 0.717) is 6.42 Å². The quantitative estimate of drug-likeness (QED) is 0.554. The smallest absolute Gasteiger partial charge is 0.162 e. The first kappa shape index (κ1) is 14.1. The molecule has 2 nitrogen and oxygen atoms in total. The normalized spacial score (nSPS) is 15.9. The van der Waals surface area contributed by atoms with Crippen molar-refractivity contribution < 1.29 is 9.53 Å². The lowest BCUT2D eigenvalue weighted by atomic mass is 9.97. The standard InChI is InChI=1S/C17H24O2/c1-4-5-6-7-8-15(18)13-9-10-16-14(11-13)12-17(2,3)19-16/h9-11H,4-8,12H2,1-3H3. The molecule has 0 unspecified atom stereocenters. The van der Waals surface area contributed by atoms with Gasteiger partial charge in [-0.25, -0.2) is 0 Å². The van der Waals surface area contributed by atoms with Gasteiger partial charge in [0.2, 0.25) is 0 Å². The average Bonchev–Trinajstić information content (AvgIpc) is 2.67. The fraction of sp³-hybridized carbons (Fsp3) is 0.588. The Morgan fingerprint density at radius 1 is 1.26 bits per heavy atom. The maximum Gasteiger partial charge on any atom is 0.162 e. The topological polar surface area (TPSA) is 26.3 Å². The van der Waals surface area contributed by atoms with Crippen LogP contribution in [0.15, 0.2) is 18.2 Å². The summed E-state index contributed by atoms with van der Waals surface area (Å²) in [4.78, 5) is 12.1. The molecule has 0 spiro atoms. The van der Waals surface area contributed by atoms with Crippen molar-refractivity contribution in [3.8, 4) is 5.75 Å². The van der Waals surface area contributed by atoms with E-state index < -0.39 is 0 Å². The van der Waals surface area contributed by atoms with Gasteiger partial charge in [0.1, 0.15) is 11.4 Å². The molecule has 2 rings (SSSR count). The van der Waals surface area contributed by atoms with E-state index in [1.165, 1.54) is 18.4 Å². The van der Waals surface area contributed by atoms with Gasteiger partial charge >= 0.3 is 0 Å². The van der Waals surface area contributed by atoms with Crippen molar-refractivity contribution in [3.05, 3.63) is 29.3 Å². The summed E-state index contributed by atoms with van der Waals surface area (Å²) in [6, 6.07) is 5.87. The fourth-order valence-electron chi connectivity index (χ4n) is 2.64. The minimum atomic E-state index is -0.134. The van der Waals surface area contributed by atoms with Crippen molar-refractivity contribution in [3.63, 3.8) is 0 Å². The summed E-state index contributed by atoms with van der Waals surface area (Å²) in [7, 11) is 0. The molecule has 1 aromatic carbocycles. The summed E-state index contributed by atoms with van der Waals surface area (Å²) >= 11 is 0. The van der Waals surface area contributed by atoms with Crippen molar-refractivity contribution in [1.29, 1.82) is 0 Å². The third kappa shape index (κ3) is 3.59. The fourth-order valence-corrected chi connectivity index (χ4v) is 2.64. The lowest BCUT2D eigenvalue weighted by molar-refractivity contribution is 0.0979. The zero-order valence-corrected chi connectivity index (χ0v) is 12.3. The Labute approximate surface area is 116 Å². The van der Waals surface area contributed by atoms with Gasteiger partial charge in [-0.05, 0) is 44.0 Å². The molecule has 0 bridgehead atoms. The van der Waals surface area contributed by atoms with Crippen LogP contribution < -0.4 is 4.74 Å². The van der Waals surface area contributed by atoms with Crippen LogP contribution >= 0.6 is 0 Å². The van der Waals surface area contributed by atoms with Gasteiger partial charge in [-0.2, -0.15) is 0 Å². The molecule has 0 saturated carbocycles. The second kappa shape index (κ2) is 5.77. The Kier molecular flexibility index (Phi) is 4.28. The Morgan fingerprint density at radius 2 is 2.05 bits per heavy atom. The lowest BCUT2D eigenvalue weighted by Gasteiger charge is -2.16. The van der Waals surface area contributed by atoms with Crippen LogP contribution in [0.4, 0.5) is 0 Å². The number of carbonyl (C=O) groups is 1. The van der Waals surface area contributed by atoms with Crippen LogP contribution in [0, 0.1) is 0 Å². The molecule has 19 heavy (non-hydrogen) atoms. The largest absolute Gasteiger partial charge is 0.487 e. The van der Waals surface area contributed by atoms with Crippen molar-refractivity contribution >= 4 is 5.78 Å². The second-order valence-corrected chi connectivity index (χ2v) is 6.09. The van der Waals surface area contributed by atoms with Gasteiger partial charge < -0.3 is 4.74 Å². The van der Waals surface area contributed by atoms with Gasteiger partial charge in [0.15, 0.2) is 5.78 Å². The molecule has 0 radical (unpaired) electrons. The van der Waals surface area contributed by atoms with Gasteiger partial charge in [0.05, 0.1) is 0 Å². The van der Waals surface area contributed by atoms with E-state index in [4.69, 9.17) is 4.74 Å². The van der Waals surface area contributed by atoms with Gasteiger partial charge in [-0.3, -0.25) is 4.79 Å². The minimum absolute atomic E-state index is 0.134. The monoisotopic (exact) mass is 260 g/mol. The molecule has 0 amide bonds. The van der Waals surface area contributed by atoms with Crippen LogP contribution in [-0.4, -0.2) is 11.4 Å². The van der Waals surface area contributed by atoms with Gasteiger partial charge in [0.25, 0.3) is 0 Å². The van der Waals surface area contributed by atoms with E-state index in [1.54, 1.807) is 0 Å². The average molecular weight is 260 g/mol. The van der Waals surface area contributed by atoms with Gasteiger partial charge in [0, 0.05) is 18.4 Å². The molecule has 2 heteroatoms. The van der Waals surface area contributed by atoms with Crippen LogP contribution in [-0.2, 0) is 6.42 Å². The Morgan fingerprint density at radius 3 is 2.79 bits per heavy atom. The number of carbonyl (C=O) groups excluding carboxylic acids is 1. The molecule has 104 valence electrons. The number of fused-ring (bicyclic) bond motifs is 1. The number of hydrogen-bond acceptors (Lipinski definition) is 2. The summed E-state index contributed by atoms with van der Waals surface area (Å²) in [6.07, 6.45) is 6.15. The zero-order chi connectivity index (χ0) is 13.9. The first-order chi connectivity index (χ1) is 9.02. The highest BCUT2D eigenvalue weighted by molar-refractivity contribution is 5.96. The first-order valence-corrected chi connectivity index (χ1v) is 7.37. The Hall–Kier alpha value is -1.31. The predicted molar refractivity (Wildman–Crippen MR) is 77.9 cm³/mol. The summed E-state index contributed by atoms with van der Waals surface area (Å²) in [5.74, 6) is 1.20. The molecule has 1 heterocycles. The highest BCUT2D eigenvalue weighted by Crippen LogP contribution is 2.35. The number of hydrogen-bond donors (Lipinski definition) is 0. The number of rotatable bonds is 6. The highest BCUT2D eigenvalue weighted by Gasteiger charge is 2.30. The van der Waals surface area contributed by atoms with E-state index in [1.807, 2.05) is 18.2 Å². The Balaban J connectivity index is 1.97. The molecule has 0 aliphatic carbocycles. The first-order valence-electron chi connectivity index (χ1n) is 7.37. The number of ether oxygens (including phenoxy) is 1. The summed E-state index contributed by atoms with van der Waals surface area (Å²) in [5, 5.41) is 0. The molecular weight excluding hydrogens is 236 g/mol. The maximum atomic E-state index is 12.1. The van der Waals surface area contributed by atoms with Crippen molar-refractivity contribution in [1.82, 2.24) is 0 Å². The molecule has 0 atom stereocenters. The molecule has 1 aliphatic rings. The molecule has 0 saturated heterocycles. The SMILES string of the molecule is CCCCCCC(=O)c1ccc2c(c1)CC(C)(C)O2. The number of unbranched alkanes of at least 4 members (excludes halogenated alkanes) is 3. The van der Waals surface area contributed by atoms with E-state index in [9.17, 15) is 4.79 Å². The third-order valence-electron chi connectivity index (χ3n) is 3.64. The number of ketones is 1. The van der Waals surface area contributed by atoms with E-state index in [0.717, 1.165) is 30.6 Å².